The smallest absolute Gasteiger partial charge is 0.273 e. The van der Waals surface area contributed by atoms with Crippen molar-refractivity contribution < 1.29 is 23.2 Å². The van der Waals surface area contributed by atoms with Crippen molar-refractivity contribution in [3.63, 3.8) is 0 Å². The number of hydrogen-bond acceptors (Lipinski definition) is 3. The molecule has 0 saturated carbocycles. The van der Waals surface area contributed by atoms with Crippen molar-refractivity contribution in [1.29, 1.82) is 0 Å². The predicted molar refractivity (Wildman–Crippen MR) is 129 cm³/mol. The van der Waals surface area contributed by atoms with Gasteiger partial charge in [-0.1, -0.05) is 66.7 Å². The Morgan fingerprint density at radius 2 is 1.43 bits per heavy atom. The quantitative estimate of drug-likeness (QED) is 0.323. The maximum absolute atomic E-state index is 14.4. The van der Waals surface area contributed by atoms with Gasteiger partial charge < -0.3 is 0 Å². The van der Waals surface area contributed by atoms with Crippen LogP contribution in [0.1, 0.15) is 16.7 Å². The van der Waals surface area contributed by atoms with Gasteiger partial charge in [-0.15, -0.1) is 0 Å². The number of barbiturate groups is 1. The van der Waals surface area contributed by atoms with E-state index in [4.69, 9.17) is 0 Å². The number of halogens is 2. The number of amides is 4. The average Bonchev–Trinajstić information content (AvgIpc) is 2.85. The lowest BCUT2D eigenvalue weighted by Crippen LogP contribution is -2.54. The molecule has 1 N–H and O–H groups in total. The molecule has 172 valence electrons. The van der Waals surface area contributed by atoms with Gasteiger partial charge >= 0.3 is 6.03 Å². The summed E-state index contributed by atoms with van der Waals surface area (Å²) in [6.45, 7) is 0. The van der Waals surface area contributed by atoms with Crippen LogP contribution in [0.3, 0.4) is 0 Å². The second kappa shape index (κ2) is 8.95. The highest BCUT2D eigenvalue weighted by molar-refractivity contribution is 6.39. The van der Waals surface area contributed by atoms with Crippen molar-refractivity contribution in [2.45, 2.75) is 6.42 Å². The largest absolute Gasteiger partial charge is 0.336 e. The van der Waals surface area contributed by atoms with Crippen LogP contribution >= 0.6 is 0 Å². The first-order valence-corrected chi connectivity index (χ1v) is 10.8. The number of hydrogen-bond donors (Lipinski definition) is 1. The lowest BCUT2D eigenvalue weighted by Gasteiger charge is -2.26. The van der Waals surface area contributed by atoms with E-state index >= 15 is 0 Å². The van der Waals surface area contributed by atoms with E-state index in [-0.39, 0.29) is 23.5 Å². The normalized spacial score (nSPS) is 15.1. The van der Waals surface area contributed by atoms with Gasteiger partial charge in [0.05, 0.1) is 5.69 Å². The molecule has 1 aliphatic rings. The van der Waals surface area contributed by atoms with Crippen LogP contribution in [-0.4, -0.2) is 17.8 Å². The Morgan fingerprint density at radius 1 is 0.743 bits per heavy atom. The molecule has 0 atom stereocenters. The molecule has 1 aliphatic heterocycles. The molecule has 0 radical (unpaired) electrons. The summed E-state index contributed by atoms with van der Waals surface area (Å²) < 4.78 is 28.8. The summed E-state index contributed by atoms with van der Waals surface area (Å²) in [7, 11) is 0. The molecule has 1 saturated heterocycles. The van der Waals surface area contributed by atoms with Gasteiger partial charge in [-0.25, -0.2) is 18.5 Å². The molecule has 4 amide bonds. The molecule has 0 bridgehead atoms. The molecule has 0 aromatic heterocycles. The van der Waals surface area contributed by atoms with Crippen molar-refractivity contribution in [2.24, 2.45) is 0 Å². The summed E-state index contributed by atoms with van der Waals surface area (Å²) in [6.07, 6.45) is 1.60. The highest BCUT2D eigenvalue weighted by Crippen LogP contribution is 2.30. The Hall–Kier alpha value is -4.65. The first-order chi connectivity index (χ1) is 16.9. The number of imide groups is 2. The van der Waals surface area contributed by atoms with E-state index in [0.29, 0.717) is 21.6 Å². The molecule has 35 heavy (non-hydrogen) atoms. The van der Waals surface area contributed by atoms with Crippen LogP contribution in [0.2, 0.25) is 0 Å². The Morgan fingerprint density at radius 3 is 2.20 bits per heavy atom. The standard InChI is InChI=1S/C28H18F2N2O3/c29-23-10-4-2-8-19(23)15-18-14-13-17-7-1-3-9-20(17)21(18)16-22-26(33)31-28(35)32(27(22)34)25-12-6-5-11-24(25)30/h1-14,16H,15H2,(H,31,33,35)/b22-16-. The van der Waals surface area contributed by atoms with Gasteiger partial charge in [0.1, 0.15) is 17.2 Å². The number of nitrogens with zero attached hydrogens (tertiary/aromatic N) is 1. The summed E-state index contributed by atoms with van der Waals surface area (Å²) in [6, 6.07) is 21.7. The van der Waals surface area contributed by atoms with E-state index in [2.05, 4.69) is 5.32 Å². The highest BCUT2D eigenvalue weighted by Gasteiger charge is 2.38. The predicted octanol–water partition coefficient (Wildman–Crippen LogP) is 5.38. The number of anilines is 1. The van der Waals surface area contributed by atoms with E-state index in [1.165, 1.54) is 30.3 Å². The summed E-state index contributed by atoms with van der Waals surface area (Å²) in [4.78, 5) is 39.1. The van der Waals surface area contributed by atoms with Crippen molar-refractivity contribution in [1.82, 2.24) is 5.32 Å². The van der Waals surface area contributed by atoms with Crippen LogP contribution in [0.15, 0.2) is 90.5 Å². The number of para-hydroxylation sites is 1. The van der Waals surface area contributed by atoms with Crippen LogP contribution in [0, 0.1) is 11.6 Å². The fourth-order valence-electron chi connectivity index (χ4n) is 4.17. The van der Waals surface area contributed by atoms with Crippen LogP contribution < -0.4 is 10.2 Å². The van der Waals surface area contributed by atoms with Crippen LogP contribution in [0.25, 0.3) is 16.8 Å². The minimum Gasteiger partial charge on any atom is -0.273 e. The van der Waals surface area contributed by atoms with Crippen LogP contribution in [-0.2, 0) is 16.0 Å². The first kappa shape index (κ1) is 22.2. The van der Waals surface area contributed by atoms with Gasteiger partial charge in [0.2, 0.25) is 0 Å². The molecule has 1 heterocycles. The molecule has 0 aliphatic carbocycles. The topological polar surface area (TPSA) is 66.5 Å². The summed E-state index contributed by atoms with van der Waals surface area (Å²) in [5.41, 5.74) is 1.06. The Kier molecular flexibility index (Phi) is 5.66. The van der Waals surface area contributed by atoms with E-state index in [1.54, 1.807) is 18.2 Å². The minimum atomic E-state index is -1.04. The zero-order valence-electron chi connectivity index (χ0n) is 18.3. The zero-order valence-corrected chi connectivity index (χ0v) is 18.3. The van der Waals surface area contributed by atoms with Gasteiger partial charge in [0, 0.05) is 6.42 Å². The minimum absolute atomic E-state index is 0.211. The number of urea groups is 1. The molecular formula is C28H18F2N2O3. The monoisotopic (exact) mass is 468 g/mol. The molecule has 0 spiro atoms. The first-order valence-electron chi connectivity index (χ1n) is 10.8. The van der Waals surface area contributed by atoms with E-state index in [9.17, 15) is 23.2 Å². The fourth-order valence-corrected chi connectivity index (χ4v) is 4.17. The van der Waals surface area contributed by atoms with Gasteiger partial charge in [0.25, 0.3) is 11.8 Å². The third-order valence-corrected chi connectivity index (χ3v) is 5.88. The maximum Gasteiger partial charge on any atom is 0.336 e. The SMILES string of the molecule is O=C1NC(=O)N(c2ccccc2F)C(=O)/C1=C\c1c(Cc2ccccc2F)ccc2ccccc12. The number of carbonyl (C=O) groups excluding carboxylic acids is 3. The van der Waals surface area contributed by atoms with Crippen molar-refractivity contribution in [2.75, 3.05) is 4.90 Å². The molecule has 4 aromatic rings. The highest BCUT2D eigenvalue weighted by atomic mass is 19.1. The van der Waals surface area contributed by atoms with Crippen LogP contribution in [0.4, 0.5) is 19.3 Å². The Labute approximate surface area is 199 Å². The van der Waals surface area contributed by atoms with Gasteiger partial charge in [-0.05, 0) is 51.7 Å². The Balaban J connectivity index is 1.67. The van der Waals surface area contributed by atoms with Crippen molar-refractivity contribution >= 4 is 40.4 Å². The molecule has 5 rings (SSSR count). The number of rotatable bonds is 4. The van der Waals surface area contributed by atoms with Gasteiger partial charge in [0.15, 0.2) is 0 Å². The average molecular weight is 468 g/mol. The lowest BCUT2D eigenvalue weighted by atomic mass is 9.92. The second-order valence-electron chi connectivity index (χ2n) is 8.04. The van der Waals surface area contributed by atoms with E-state index in [0.717, 1.165) is 16.8 Å². The number of nitrogens with one attached hydrogen (secondary N) is 1. The summed E-state index contributed by atoms with van der Waals surface area (Å²) in [5.74, 6) is -3.00. The number of fused-ring (bicyclic) bond motifs is 1. The number of benzene rings is 4. The third-order valence-electron chi connectivity index (χ3n) is 5.88. The third kappa shape index (κ3) is 4.08. The van der Waals surface area contributed by atoms with Crippen molar-refractivity contribution in [3.05, 3.63) is 119 Å². The molecule has 4 aromatic carbocycles. The molecule has 5 nitrogen and oxygen atoms in total. The second-order valence-corrected chi connectivity index (χ2v) is 8.04. The van der Waals surface area contributed by atoms with Gasteiger partial charge in [-0.3, -0.25) is 14.9 Å². The lowest BCUT2D eigenvalue weighted by molar-refractivity contribution is -0.122. The van der Waals surface area contributed by atoms with Crippen LogP contribution in [0.5, 0.6) is 0 Å². The summed E-state index contributed by atoms with van der Waals surface area (Å²) >= 11 is 0. The Bertz CT molecular complexity index is 1540. The molecular weight excluding hydrogens is 450 g/mol. The fraction of sp³-hybridized carbons (Fsp3) is 0.0357. The summed E-state index contributed by atoms with van der Waals surface area (Å²) in [5, 5.41) is 3.70. The van der Waals surface area contributed by atoms with E-state index in [1.807, 2.05) is 36.4 Å². The van der Waals surface area contributed by atoms with Crippen molar-refractivity contribution in [3.8, 4) is 0 Å². The maximum atomic E-state index is 14.4. The zero-order chi connectivity index (χ0) is 24.5. The number of carbonyl (C=O) groups is 3. The molecule has 1 fully saturated rings. The molecule has 7 heteroatoms. The van der Waals surface area contributed by atoms with Gasteiger partial charge in [-0.2, -0.15) is 0 Å². The van der Waals surface area contributed by atoms with E-state index < -0.39 is 23.7 Å². The molecule has 0 unspecified atom stereocenters.